The first-order valence-electron chi connectivity index (χ1n) is 4.77. The third-order valence-electron chi connectivity index (χ3n) is 2.79. The highest BCUT2D eigenvalue weighted by atomic mass is 14.3. The smallest absolute Gasteiger partial charge is 0.0225 e. The fourth-order valence-electron chi connectivity index (χ4n) is 1.86. The van der Waals surface area contributed by atoms with Crippen LogP contribution in [0.25, 0.3) is 0 Å². The van der Waals surface area contributed by atoms with E-state index in [0.29, 0.717) is 5.41 Å². The largest absolute Gasteiger partial charge is 0.0956 e. The Morgan fingerprint density at radius 3 is 2.33 bits per heavy atom. The average Bonchev–Trinajstić information content (AvgIpc) is 1.94. The highest BCUT2D eigenvalue weighted by molar-refractivity contribution is 5.34. The zero-order valence-corrected chi connectivity index (χ0v) is 8.83. The molecule has 1 aliphatic rings. The number of hydrogen-bond donors (Lipinski definition) is 0. The summed E-state index contributed by atoms with van der Waals surface area (Å²) in [4.78, 5) is 0. The summed E-state index contributed by atoms with van der Waals surface area (Å²) in [5.41, 5.74) is 4.83. The highest BCUT2D eigenvalue weighted by Gasteiger charge is 2.26. The average molecular weight is 164 g/mol. The maximum absolute atomic E-state index is 4.12. The van der Waals surface area contributed by atoms with Crippen LogP contribution in [-0.2, 0) is 0 Å². The lowest BCUT2D eigenvalue weighted by atomic mass is 9.72. The van der Waals surface area contributed by atoms with Crippen LogP contribution in [0.5, 0.6) is 0 Å². The Hall–Kier alpha value is -0.520. The van der Waals surface area contributed by atoms with Gasteiger partial charge < -0.3 is 0 Å². The van der Waals surface area contributed by atoms with Gasteiger partial charge in [-0.2, -0.15) is 0 Å². The maximum Gasteiger partial charge on any atom is -0.0225 e. The molecular formula is C12H20. The zero-order valence-electron chi connectivity index (χ0n) is 8.83. The topological polar surface area (TPSA) is 0 Å². The van der Waals surface area contributed by atoms with Crippen molar-refractivity contribution in [2.45, 2.75) is 47.0 Å². The summed E-state index contributed by atoms with van der Waals surface area (Å²) in [5.74, 6) is 0. The van der Waals surface area contributed by atoms with E-state index in [1.807, 2.05) is 0 Å². The Morgan fingerprint density at radius 1 is 1.33 bits per heavy atom. The summed E-state index contributed by atoms with van der Waals surface area (Å²) < 4.78 is 0. The predicted octanol–water partition coefficient (Wildman–Crippen LogP) is 4.09. The van der Waals surface area contributed by atoms with Crippen molar-refractivity contribution >= 4 is 0 Å². The minimum absolute atomic E-state index is 0.494. The monoisotopic (exact) mass is 164 g/mol. The molecule has 0 saturated heterocycles. The standard InChI is InChI=1S/C12H20/c1-9(2)11-8-12(4,5)7-6-10(11)3/h3,6-8H2,1-2,4-5H3. The van der Waals surface area contributed by atoms with Gasteiger partial charge >= 0.3 is 0 Å². The van der Waals surface area contributed by atoms with Gasteiger partial charge in [-0.25, -0.2) is 0 Å². The van der Waals surface area contributed by atoms with E-state index in [-0.39, 0.29) is 0 Å². The molecule has 0 aromatic rings. The van der Waals surface area contributed by atoms with Gasteiger partial charge in [0.15, 0.2) is 0 Å². The molecule has 0 heterocycles. The first-order valence-corrected chi connectivity index (χ1v) is 4.77. The summed E-state index contributed by atoms with van der Waals surface area (Å²) in [6.45, 7) is 13.2. The molecule has 1 aliphatic carbocycles. The minimum Gasteiger partial charge on any atom is -0.0956 e. The van der Waals surface area contributed by atoms with Crippen LogP contribution < -0.4 is 0 Å². The normalized spacial score (nSPS) is 22.7. The summed E-state index contributed by atoms with van der Waals surface area (Å²) in [6.07, 6.45) is 3.70. The second-order valence-corrected chi connectivity index (χ2v) is 4.92. The van der Waals surface area contributed by atoms with Crippen LogP contribution in [0.2, 0.25) is 0 Å². The lowest BCUT2D eigenvalue weighted by Gasteiger charge is -2.33. The SMILES string of the molecule is C=C1CCC(C)(C)CC1=C(C)C. The molecule has 1 rings (SSSR count). The number of rotatable bonds is 0. The predicted molar refractivity (Wildman–Crippen MR) is 55.1 cm³/mol. The van der Waals surface area contributed by atoms with E-state index >= 15 is 0 Å². The van der Waals surface area contributed by atoms with Crippen molar-refractivity contribution in [3.8, 4) is 0 Å². The zero-order chi connectivity index (χ0) is 9.35. The molecule has 68 valence electrons. The molecule has 12 heavy (non-hydrogen) atoms. The second kappa shape index (κ2) is 3.08. The quantitative estimate of drug-likeness (QED) is 0.506. The van der Waals surface area contributed by atoms with Crippen LogP contribution in [0.15, 0.2) is 23.3 Å². The molecule has 0 amide bonds. The van der Waals surface area contributed by atoms with Crippen molar-refractivity contribution in [1.82, 2.24) is 0 Å². The molecule has 0 radical (unpaired) electrons. The fourth-order valence-corrected chi connectivity index (χ4v) is 1.86. The molecule has 0 unspecified atom stereocenters. The van der Waals surface area contributed by atoms with Crippen molar-refractivity contribution in [1.29, 1.82) is 0 Å². The molecule has 1 fully saturated rings. The van der Waals surface area contributed by atoms with Gasteiger partial charge in [0.1, 0.15) is 0 Å². The Bertz CT molecular complexity index is 224. The summed E-state index contributed by atoms with van der Waals surface area (Å²) in [5, 5.41) is 0. The number of hydrogen-bond acceptors (Lipinski definition) is 0. The summed E-state index contributed by atoms with van der Waals surface area (Å²) >= 11 is 0. The van der Waals surface area contributed by atoms with E-state index < -0.39 is 0 Å². The van der Waals surface area contributed by atoms with E-state index in [9.17, 15) is 0 Å². The first kappa shape index (κ1) is 9.57. The van der Waals surface area contributed by atoms with Crippen molar-refractivity contribution in [2.75, 3.05) is 0 Å². The lowest BCUT2D eigenvalue weighted by molar-refractivity contribution is 0.312. The van der Waals surface area contributed by atoms with Crippen LogP contribution in [0.4, 0.5) is 0 Å². The van der Waals surface area contributed by atoms with Gasteiger partial charge in [-0.3, -0.25) is 0 Å². The molecule has 0 nitrogen and oxygen atoms in total. The van der Waals surface area contributed by atoms with Gasteiger partial charge in [0, 0.05) is 0 Å². The van der Waals surface area contributed by atoms with E-state index in [1.165, 1.54) is 36.0 Å². The molecule has 0 N–H and O–H groups in total. The molecule has 0 aliphatic heterocycles. The van der Waals surface area contributed by atoms with Crippen molar-refractivity contribution in [3.05, 3.63) is 23.3 Å². The number of allylic oxidation sites excluding steroid dienone is 3. The van der Waals surface area contributed by atoms with E-state index in [2.05, 4.69) is 34.3 Å². The van der Waals surface area contributed by atoms with Gasteiger partial charge in [0.2, 0.25) is 0 Å². The third kappa shape index (κ3) is 2.00. The van der Waals surface area contributed by atoms with Gasteiger partial charge in [0.25, 0.3) is 0 Å². The third-order valence-corrected chi connectivity index (χ3v) is 2.79. The molecule has 0 aromatic carbocycles. The Labute approximate surface area is 76.4 Å². The molecule has 1 saturated carbocycles. The minimum atomic E-state index is 0.494. The summed E-state index contributed by atoms with van der Waals surface area (Å²) in [6, 6.07) is 0. The van der Waals surface area contributed by atoms with Crippen LogP contribution in [0.1, 0.15) is 47.0 Å². The van der Waals surface area contributed by atoms with Gasteiger partial charge in [0.05, 0.1) is 0 Å². The second-order valence-electron chi connectivity index (χ2n) is 4.92. The molecule has 0 heteroatoms. The Balaban J connectivity index is 2.88. The molecule has 0 spiro atoms. The van der Waals surface area contributed by atoms with Gasteiger partial charge in [-0.05, 0) is 44.1 Å². The van der Waals surface area contributed by atoms with E-state index in [1.54, 1.807) is 0 Å². The first-order chi connectivity index (χ1) is 5.42. The van der Waals surface area contributed by atoms with E-state index in [0.717, 1.165) is 0 Å². The van der Waals surface area contributed by atoms with Crippen LogP contribution in [-0.4, -0.2) is 0 Å². The fraction of sp³-hybridized carbons (Fsp3) is 0.667. The molecule has 0 aromatic heterocycles. The van der Waals surface area contributed by atoms with Gasteiger partial charge in [-0.1, -0.05) is 31.6 Å². The van der Waals surface area contributed by atoms with Crippen molar-refractivity contribution < 1.29 is 0 Å². The van der Waals surface area contributed by atoms with Crippen LogP contribution >= 0.6 is 0 Å². The van der Waals surface area contributed by atoms with Gasteiger partial charge in [-0.15, -0.1) is 0 Å². The molecule has 0 bridgehead atoms. The maximum atomic E-state index is 4.12. The van der Waals surface area contributed by atoms with Crippen LogP contribution in [0, 0.1) is 5.41 Å². The molecule has 0 atom stereocenters. The van der Waals surface area contributed by atoms with Crippen molar-refractivity contribution in [3.63, 3.8) is 0 Å². The van der Waals surface area contributed by atoms with Crippen molar-refractivity contribution in [2.24, 2.45) is 5.41 Å². The Morgan fingerprint density at radius 2 is 1.92 bits per heavy atom. The lowest BCUT2D eigenvalue weighted by Crippen LogP contribution is -2.19. The summed E-state index contributed by atoms with van der Waals surface area (Å²) in [7, 11) is 0. The molecular weight excluding hydrogens is 144 g/mol. The van der Waals surface area contributed by atoms with Crippen LogP contribution in [0.3, 0.4) is 0 Å². The Kier molecular flexibility index (Phi) is 2.46. The van der Waals surface area contributed by atoms with E-state index in [4.69, 9.17) is 0 Å². The highest BCUT2D eigenvalue weighted by Crippen LogP contribution is 2.41.